The van der Waals surface area contributed by atoms with Crippen LogP contribution in [0.4, 0.5) is 5.82 Å². The van der Waals surface area contributed by atoms with Gasteiger partial charge in [0.2, 0.25) is 5.89 Å². The Kier molecular flexibility index (Phi) is 7.36. The number of benzene rings is 1. The molecule has 0 radical (unpaired) electrons. The van der Waals surface area contributed by atoms with Crippen molar-refractivity contribution >= 4 is 24.0 Å². The second-order valence-corrected chi connectivity index (χ2v) is 8.01. The summed E-state index contributed by atoms with van der Waals surface area (Å²) < 4.78 is 17.6. The molecule has 0 aliphatic carbocycles. The molecule has 0 N–H and O–H groups in total. The molecule has 3 heterocycles. The van der Waals surface area contributed by atoms with E-state index in [4.69, 9.17) is 26.1 Å². The molecule has 1 aliphatic heterocycles. The minimum absolute atomic E-state index is 0.348. The van der Waals surface area contributed by atoms with Gasteiger partial charge in [0.05, 0.1) is 32.4 Å². The van der Waals surface area contributed by atoms with Crippen LogP contribution in [0.25, 0.3) is 0 Å². The summed E-state index contributed by atoms with van der Waals surface area (Å²) in [5.74, 6) is 1.91. The predicted molar refractivity (Wildman–Crippen MR) is 125 cm³/mol. The van der Waals surface area contributed by atoms with Crippen molar-refractivity contribution in [3.8, 4) is 5.75 Å². The van der Waals surface area contributed by atoms with E-state index in [0.29, 0.717) is 36.0 Å². The van der Waals surface area contributed by atoms with Gasteiger partial charge < -0.3 is 18.8 Å². The first-order chi connectivity index (χ1) is 16.1. The molecule has 0 atom stereocenters. The molecule has 3 aromatic rings. The average Bonchev–Trinajstić information content (AvgIpc) is 3.18. The van der Waals surface area contributed by atoms with Crippen molar-refractivity contribution in [2.45, 2.75) is 20.0 Å². The number of pyridine rings is 1. The summed E-state index contributed by atoms with van der Waals surface area (Å²) in [7, 11) is 1.65. The molecule has 0 unspecified atom stereocenters. The molecule has 0 spiro atoms. The number of esters is 1. The molecule has 0 saturated carbocycles. The summed E-state index contributed by atoms with van der Waals surface area (Å²) in [6, 6.07) is 11.4. The van der Waals surface area contributed by atoms with E-state index in [2.05, 4.69) is 19.9 Å². The van der Waals surface area contributed by atoms with Gasteiger partial charge in [-0.2, -0.15) is 0 Å². The number of ether oxygens (including phenoxy) is 2. The van der Waals surface area contributed by atoms with Gasteiger partial charge in [-0.1, -0.05) is 12.1 Å². The summed E-state index contributed by atoms with van der Waals surface area (Å²) in [5.41, 5.74) is 1.54. The molecular weight excluding hydrogens is 442 g/mol. The average molecular weight is 470 g/mol. The van der Waals surface area contributed by atoms with Gasteiger partial charge in [0.1, 0.15) is 11.6 Å². The molecular formula is C23H27N5O4S. The van der Waals surface area contributed by atoms with Crippen LogP contribution in [0, 0.1) is 4.84 Å². The molecule has 1 saturated heterocycles. The van der Waals surface area contributed by atoms with Crippen LogP contribution in [0.1, 0.15) is 28.7 Å². The second-order valence-electron chi connectivity index (χ2n) is 7.66. The largest absolute Gasteiger partial charge is 0.497 e. The third-order valence-electron chi connectivity index (χ3n) is 5.45. The van der Waals surface area contributed by atoms with Crippen LogP contribution in [0.15, 0.2) is 47.0 Å². The Morgan fingerprint density at radius 3 is 2.52 bits per heavy atom. The van der Waals surface area contributed by atoms with Crippen LogP contribution >= 0.6 is 12.2 Å². The highest BCUT2D eigenvalue weighted by Gasteiger charge is 2.20. The SMILES string of the molecule is CCOC(=O)c1ccc(N2CCN(Cn3nc(Cc4ccc(OC)cc4)oc3=S)CC2)nc1. The maximum absolute atomic E-state index is 11.8. The van der Waals surface area contributed by atoms with Crippen molar-refractivity contribution in [1.29, 1.82) is 0 Å². The highest BCUT2D eigenvalue weighted by Crippen LogP contribution is 2.17. The monoisotopic (exact) mass is 469 g/mol. The summed E-state index contributed by atoms with van der Waals surface area (Å²) >= 11 is 5.38. The Hall–Kier alpha value is -3.24. The summed E-state index contributed by atoms with van der Waals surface area (Å²) in [4.78, 5) is 21.1. The standard InChI is InChI=1S/C23H27N5O4S/c1-3-31-22(29)18-6-9-20(24-15-18)27-12-10-26(11-13-27)16-28-23(33)32-21(25-28)14-17-4-7-19(30-2)8-5-17/h4-9,15H,3,10-14,16H2,1-2H3. The first-order valence-corrected chi connectivity index (χ1v) is 11.3. The zero-order valence-electron chi connectivity index (χ0n) is 18.8. The number of hydrogen-bond donors (Lipinski definition) is 0. The lowest BCUT2D eigenvalue weighted by Gasteiger charge is -2.35. The zero-order chi connectivity index (χ0) is 23.2. The highest BCUT2D eigenvalue weighted by molar-refractivity contribution is 7.71. The third-order valence-corrected chi connectivity index (χ3v) is 5.75. The van der Waals surface area contributed by atoms with Gasteiger partial charge in [0, 0.05) is 32.4 Å². The minimum atomic E-state index is -0.350. The first-order valence-electron chi connectivity index (χ1n) is 10.9. The van der Waals surface area contributed by atoms with Crippen molar-refractivity contribution in [3.05, 3.63) is 64.5 Å². The van der Waals surface area contributed by atoms with Gasteiger partial charge in [-0.05, 0) is 49.0 Å². The minimum Gasteiger partial charge on any atom is -0.497 e. The highest BCUT2D eigenvalue weighted by atomic mass is 32.1. The normalized spacial score (nSPS) is 14.3. The fraction of sp³-hybridized carbons (Fsp3) is 0.391. The number of carbonyl (C=O) groups excluding carboxylic acids is 1. The molecule has 33 heavy (non-hydrogen) atoms. The van der Waals surface area contributed by atoms with Crippen molar-refractivity contribution in [2.75, 3.05) is 44.8 Å². The van der Waals surface area contributed by atoms with Gasteiger partial charge in [0.25, 0.3) is 4.84 Å². The number of anilines is 1. The zero-order valence-corrected chi connectivity index (χ0v) is 19.6. The van der Waals surface area contributed by atoms with E-state index < -0.39 is 0 Å². The lowest BCUT2D eigenvalue weighted by Crippen LogP contribution is -2.47. The molecule has 4 rings (SSSR count). The molecule has 1 aliphatic rings. The molecule has 10 heteroatoms. The van der Waals surface area contributed by atoms with Crippen LogP contribution < -0.4 is 9.64 Å². The third kappa shape index (κ3) is 5.77. The van der Waals surface area contributed by atoms with Crippen molar-refractivity contribution in [1.82, 2.24) is 19.7 Å². The lowest BCUT2D eigenvalue weighted by molar-refractivity contribution is 0.0526. The Balaban J connectivity index is 1.31. The number of nitrogens with zero attached hydrogens (tertiary/aromatic N) is 5. The van der Waals surface area contributed by atoms with Gasteiger partial charge in [-0.15, -0.1) is 5.10 Å². The van der Waals surface area contributed by atoms with E-state index in [9.17, 15) is 4.79 Å². The van der Waals surface area contributed by atoms with E-state index in [1.807, 2.05) is 30.3 Å². The fourth-order valence-corrected chi connectivity index (χ4v) is 3.84. The Morgan fingerprint density at radius 1 is 1.12 bits per heavy atom. The maximum Gasteiger partial charge on any atom is 0.339 e. The van der Waals surface area contributed by atoms with E-state index >= 15 is 0 Å². The van der Waals surface area contributed by atoms with Crippen LogP contribution in [0.3, 0.4) is 0 Å². The van der Waals surface area contributed by atoms with Crippen LogP contribution in [0.5, 0.6) is 5.75 Å². The van der Waals surface area contributed by atoms with Crippen molar-refractivity contribution in [2.24, 2.45) is 0 Å². The summed E-state index contributed by atoms with van der Waals surface area (Å²) in [5, 5.41) is 4.56. The Bertz CT molecular complexity index is 1120. The number of carbonyl (C=O) groups is 1. The molecule has 1 aromatic carbocycles. The van der Waals surface area contributed by atoms with Gasteiger partial charge >= 0.3 is 5.97 Å². The molecule has 0 amide bonds. The molecule has 1 fully saturated rings. The lowest BCUT2D eigenvalue weighted by atomic mass is 10.1. The van der Waals surface area contributed by atoms with E-state index in [-0.39, 0.29) is 5.97 Å². The second kappa shape index (κ2) is 10.6. The topological polar surface area (TPSA) is 85.9 Å². The van der Waals surface area contributed by atoms with Gasteiger partial charge in [0.15, 0.2) is 0 Å². The van der Waals surface area contributed by atoms with Gasteiger partial charge in [-0.25, -0.2) is 14.5 Å². The van der Waals surface area contributed by atoms with Crippen molar-refractivity contribution < 1.29 is 18.7 Å². The van der Waals surface area contributed by atoms with E-state index in [0.717, 1.165) is 43.3 Å². The molecule has 174 valence electrons. The van der Waals surface area contributed by atoms with E-state index in [1.165, 1.54) is 0 Å². The quantitative estimate of drug-likeness (QED) is 0.365. The number of methoxy groups -OCH3 is 1. The van der Waals surface area contributed by atoms with Crippen molar-refractivity contribution in [3.63, 3.8) is 0 Å². The number of piperazine rings is 1. The maximum atomic E-state index is 11.8. The molecule has 2 aromatic heterocycles. The predicted octanol–water partition coefficient (Wildman–Crippen LogP) is 3.16. The van der Waals surface area contributed by atoms with Crippen LogP contribution in [-0.4, -0.2) is 65.5 Å². The number of rotatable bonds is 8. The van der Waals surface area contributed by atoms with Crippen LogP contribution in [-0.2, 0) is 17.8 Å². The van der Waals surface area contributed by atoms with E-state index in [1.54, 1.807) is 31.0 Å². The summed E-state index contributed by atoms with van der Waals surface area (Å²) in [6.07, 6.45) is 2.14. The molecule has 0 bridgehead atoms. The Morgan fingerprint density at radius 2 is 1.88 bits per heavy atom. The summed E-state index contributed by atoms with van der Waals surface area (Å²) in [6.45, 7) is 6.01. The van der Waals surface area contributed by atoms with Gasteiger partial charge in [-0.3, -0.25) is 4.90 Å². The van der Waals surface area contributed by atoms with Crippen LogP contribution in [0.2, 0.25) is 0 Å². The number of hydrogen-bond acceptors (Lipinski definition) is 9. The molecule has 9 nitrogen and oxygen atoms in total. The number of aromatic nitrogens is 3. The first kappa shape index (κ1) is 22.9. The Labute approximate surface area is 197 Å². The fourth-order valence-electron chi connectivity index (χ4n) is 3.64. The smallest absolute Gasteiger partial charge is 0.339 e.